The fraction of sp³-hybridized carbons (Fsp3) is 0.895. The largest absolute Gasteiger partial charge is 0.376 e. The van der Waals surface area contributed by atoms with Crippen molar-refractivity contribution in [3.05, 3.63) is 0 Å². The molecule has 1 heterocycles. The van der Waals surface area contributed by atoms with Crippen LogP contribution in [0.4, 0.5) is 0 Å². The summed E-state index contributed by atoms with van der Waals surface area (Å²) >= 11 is 0. The highest BCUT2D eigenvalue weighted by Crippen LogP contribution is 2.27. The zero-order valence-electron chi connectivity index (χ0n) is 16.6. The van der Waals surface area contributed by atoms with Crippen LogP contribution in [0.25, 0.3) is 0 Å². The molecule has 0 aromatic rings. The van der Waals surface area contributed by atoms with Gasteiger partial charge in [0.15, 0.2) is 5.96 Å². The lowest BCUT2D eigenvalue weighted by Crippen LogP contribution is -2.47. The molecule has 152 valence electrons. The van der Waals surface area contributed by atoms with E-state index in [0.717, 1.165) is 37.9 Å². The van der Waals surface area contributed by atoms with Gasteiger partial charge in [-0.05, 0) is 44.4 Å². The number of guanidine groups is 1. The fourth-order valence-corrected chi connectivity index (χ4v) is 3.65. The van der Waals surface area contributed by atoms with Crippen LogP contribution in [0.3, 0.4) is 0 Å². The van der Waals surface area contributed by atoms with E-state index in [4.69, 9.17) is 4.74 Å². The molecule has 0 bridgehead atoms. The highest BCUT2D eigenvalue weighted by molar-refractivity contribution is 14.0. The van der Waals surface area contributed by atoms with Gasteiger partial charge in [-0.1, -0.05) is 19.8 Å². The van der Waals surface area contributed by atoms with Gasteiger partial charge < -0.3 is 20.3 Å². The second kappa shape index (κ2) is 12.8. The summed E-state index contributed by atoms with van der Waals surface area (Å²) in [5, 5.41) is 6.93. The lowest BCUT2D eigenvalue weighted by molar-refractivity contribution is -0.127. The number of halogens is 1. The first kappa shape index (κ1) is 23.5. The van der Waals surface area contributed by atoms with Gasteiger partial charge in [-0.3, -0.25) is 4.79 Å². The van der Waals surface area contributed by atoms with Gasteiger partial charge in [0, 0.05) is 33.3 Å². The SMILES string of the molecule is CCCC1CCC(NC(=NCC(=O)N(C)C)NCC2CCCO2)CC1.I. The van der Waals surface area contributed by atoms with Gasteiger partial charge >= 0.3 is 0 Å². The Kier molecular flexibility index (Phi) is 11.5. The average Bonchev–Trinajstić information content (AvgIpc) is 3.12. The van der Waals surface area contributed by atoms with Gasteiger partial charge in [0.05, 0.1) is 6.10 Å². The van der Waals surface area contributed by atoms with E-state index in [2.05, 4.69) is 22.5 Å². The van der Waals surface area contributed by atoms with Gasteiger partial charge in [-0.25, -0.2) is 4.99 Å². The standard InChI is InChI=1S/C19H36N4O2.HI/c1-4-6-15-8-10-16(11-9-15)22-19(21-14-18(24)23(2)3)20-13-17-7-5-12-25-17;/h15-17H,4-14H2,1-3H3,(H2,20,21,22);1H. The lowest BCUT2D eigenvalue weighted by atomic mass is 9.83. The van der Waals surface area contributed by atoms with Crippen LogP contribution in [0.15, 0.2) is 4.99 Å². The van der Waals surface area contributed by atoms with Gasteiger partial charge in [0.25, 0.3) is 0 Å². The molecule has 1 unspecified atom stereocenters. The van der Waals surface area contributed by atoms with Crippen molar-refractivity contribution >= 4 is 35.8 Å². The van der Waals surface area contributed by atoms with Gasteiger partial charge in [0.2, 0.25) is 5.91 Å². The number of rotatable bonds is 7. The normalized spacial score (nSPS) is 26.1. The zero-order chi connectivity index (χ0) is 18.1. The predicted molar refractivity (Wildman–Crippen MR) is 117 cm³/mol. The van der Waals surface area contributed by atoms with Crippen molar-refractivity contribution in [1.29, 1.82) is 0 Å². The van der Waals surface area contributed by atoms with E-state index in [1.165, 1.54) is 38.5 Å². The van der Waals surface area contributed by atoms with E-state index in [0.29, 0.717) is 6.04 Å². The molecule has 6 nitrogen and oxygen atoms in total. The van der Waals surface area contributed by atoms with Crippen LogP contribution >= 0.6 is 24.0 Å². The Labute approximate surface area is 175 Å². The van der Waals surface area contributed by atoms with Crippen LogP contribution in [0.2, 0.25) is 0 Å². The van der Waals surface area contributed by atoms with E-state index in [1.54, 1.807) is 19.0 Å². The Morgan fingerprint density at radius 3 is 2.50 bits per heavy atom. The minimum absolute atomic E-state index is 0. The molecule has 2 N–H and O–H groups in total. The quantitative estimate of drug-likeness (QED) is 0.334. The monoisotopic (exact) mass is 480 g/mol. The third-order valence-electron chi connectivity index (χ3n) is 5.28. The molecule has 1 aliphatic carbocycles. The smallest absolute Gasteiger partial charge is 0.243 e. The second-order valence-electron chi connectivity index (χ2n) is 7.62. The van der Waals surface area contributed by atoms with Crippen LogP contribution in [-0.2, 0) is 9.53 Å². The molecule has 1 aliphatic heterocycles. The average molecular weight is 480 g/mol. The molecule has 0 aromatic heterocycles. The van der Waals surface area contributed by atoms with Crippen LogP contribution < -0.4 is 10.6 Å². The maximum absolute atomic E-state index is 11.9. The Hall–Kier alpha value is -0.570. The molecule has 0 radical (unpaired) electrons. The van der Waals surface area contributed by atoms with E-state index < -0.39 is 0 Å². The molecule has 1 saturated heterocycles. The van der Waals surface area contributed by atoms with Crippen molar-refractivity contribution in [2.24, 2.45) is 10.9 Å². The summed E-state index contributed by atoms with van der Waals surface area (Å²) in [6.07, 6.45) is 10.1. The fourth-order valence-electron chi connectivity index (χ4n) is 3.65. The number of nitrogens with zero attached hydrogens (tertiary/aromatic N) is 2. The summed E-state index contributed by atoms with van der Waals surface area (Å²) in [5.74, 6) is 1.66. The number of nitrogens with one attached hydrogen (secondary N) is 2. The first-order chi connectivity index (χ1) is 12.1. The Bertz CT molecular complexity index is 431. The maximum atomic E-state index is 11.9. The lowest BCUT2D eigenvalue weighted by Gasteiger charge is -2.30. The minimum atomic E-state index is 0. The van der Waals surface area contributed by atoms with Gasteiger partial charge in [-0.2, -0.15) is 0 Å². The summed E-state index contributed by atoms with van der Waals surface area (Å²) in [7, 11) is 3.53. The molecule has 1 saturated carbocycles. The number of carbonyl (C=O) groups is 1. The van der Waals surface area contributed by atoms with Crippen LogP contribution in [0, 0.1) is 5.92 Å². The number of amides is 1. The molecule has 1 atom stereocenters. The van der Waals surface area contributed by atoms with Crippen LogP contribution in [-0.4, -0.2) is 62.7 Å². The molecule has 26 heavy (non-hydrogen) atoms. The van der Waals surface area contributed by atoms with Crippen molar-refractivity contribution in [2.45, 2.75) is 70.4 Å². The molecule has 2 aliphatic rings. The van der Waals surface area contributed by atoms with E-state index in [1.807, 2.05) is 0 Å². The molecule has 0 spiro atoms. The number of likely N-dealkylation sites (N-methyl/N-ethyl adjacent to an activating group) is 1. The van der Waals surface area contributed by atoms with Gasteiger partial charge in [-0.15, -0.1) is 24.0 Å². The first-order valence-corrected chi connectivity index (χ1v) is 9.95. The molecule has 2 fully saturated rings. The number of hydrogen-bond donors (Lipinski definition) is 2. The van der Waals surface area contributed by atoms with Crippen molar-refractivity contribution in [3.63, 3.8) is 0 Å². The Balaban J connectivity index is 0.00000338. The third-order valence-corrected chi connectivity index (χ3v) is 5.28. The van der Waals surface area contributed by atoms with Crippen molar-refractivity contribution in [3.8, 4) is 0 Å². The third kappa shape index (κ3) is 8.41. The minimum Gasteiger partial charge on any atom is -0.376 e. The van der Waals surface area contributed by atoms with Crippen LogP contribution in [0.5, 0.6) is 0 Å². The summed E-state index contributed by atoms with van der Waals surface area (Å²) < 4.78 is 5.68. The molecule has 2 rings (SSSR count). The molecular formula is C19H37IN4O2. The maximum Gasteiger partial charge on any atom is 0.243 e. The Morgan fingerprint density at radius 2 is 1.92 bits per heavy atom. The number of ether oxygens (including phenoxy) is 1. The summed E-state index contributed by atoms with van der Waals surface area (Å²) in [4.78, 5) is 17.9. The van der Waals surface area contributed by atoms with Crippen molar-refractivity contribution in [2.75, 3.05) is 33.8 Å². The molecule has 7 heteroatoms. The molecule has 1 amide bonds. The second-order valence-corrected chi connectivity index (χ2v) is 7.62. The number of carbonyl (C=O) groups excluding carboxylic acids is 1. The Morgan fingerprint density at radius 1 is 1.19 bits per heavy atom. The predicted octanol–water partition coefficient (Wildman–Crippen LogP) is 2.77. The first-order valence-electron chi connectivity index (χ1n) is 9.95. The van der Waals surface area contributed by atoms with E-state index in [9.17, 15) is 4.79 Å². The van der Waals surface area contributed by atoms with E-state index >= 15 is 0 Å². The topological polar surface area (TPSA) is 66.0 Å². The highest BCUT2D eigenvalue weighted by Gasteiger charge is 2.22. The molecule has 0 aromatic carbocycles. The van der Waals surface area contributed by atoms with Crippen molar-refractivity contribution in [1.82, 2.24) is 15.5 Å². The molecular weight excluding hydrogens is 443 g/mol. The van der Waals surface area contributed by atoms with E-state index in [-0.39, 0.29) is 42.5 Å². The number of hydrogen-bond acceptors (Lipinski definition) is 3. The van der Waals surface area contributed by atoms with Gasteiger partial charge in [0.1, 0.15) is 6.54 Å². The van der Waals surface area contributed by atoms with Crippen LogP contribution in [0.1, 0.15) is 58.3 Å². The summed E-state index contributed by atoms with van der Waals surface area (Å²) in [5.41, 5.74) is 0. The zero-order valence-corrected chi connectivity index (χ0v) is 19.0. The van der Waals surface area contributed by atoms with Crippen molar-refractivity contribution < 1.29 is 9.53 Å². The highest BCUT2D eigenvalue weighted by atomic mass is 127. The number of aliphatic imine (C=N–C) groups is 1. The summed E-state index contributed by atoms with van der Waals surface area (Å²) in [6.45, 7) is 4.06. The summed E-state index contributed by atoms with van der Waals surface area (Å²) in [6, 6.07) is 0.457.